The first-order chi connectivity index (χ1) is 55.5. The highest BCUT2D eigenvalue weighted by atomic mass is 16.4. The molecule has 1 saturated carbocycles. The number of phenols is 1. The van der Waals surface area contributed by atoms with Crippen molar-refractivity contribution in [2.75, 3.05) is 46.1 Å². The Morgan fingerprint density at radius 1 is 0.405 bits per heavy atom. The van der Waals surface area contributed by atoms with E-state index in [2.05, 4.69) is 68.8 Å². The van der Waals surface area contributed by atoms with Crippen LogP contribution in [-0.2, 0) is 86.4 Å². The molecular weight excluding hydrogens is 1510 g/mol. The molecule has 28 N–H and O–H groups in total. The summed E-state index contributed by atoms with van der Waals surface area (Å²) in [6, 6.07) is -0.258. The lowest BCUT2D eigenvalue weighted by Gasteiger charge is -2.30. The smallest absolute Gasteiger partial charge is 0.326 e. The van der Waals surface area contributed by atoms with Gasteiger partial charge in [0.2, 0.25) is 70.9 Å². The fraction of sp³-hybridized carbons (Fsp3) is 0.564. The van der Waals surface area contributed by atoms with Crippen molar-refractivity contribution in [3.8, 4) is 5.75 Å². The first kappa shape index (κ1) is 95.8. The third-order valence-corrected chi connectivity index (χ3v) is 19.6. The summed E-state index contributed by atoms with van der Waals surface area (Å²) in [5.41, 5.74) is 24.9. The molecule has 1 aromatic heterocycles. The molecule has 0 aliphatic heterocycles. The van der Waals surface area contributed by atoms with Gasteiger partial charge in [-0.25, -0.2) is 4.79 Å². The minimum absolute atomic E-state index is 0.0317. The van der Waals surface area contributed by atoms with Gasteiger partial charge >= 0.3 is 11.9 Å². The summed E-state index contributed by atoms with van der Waals surface area (Å²) in [6.07, 6.45) is 5.48. The van der Waals surface area contributed by atoms with Crippen LogP contribution in [0.3, 0.4) is 0 Å². The standard InChI is InChI=1S/C78H117N17O21/c1-44(2)33-55(68(105)90-59(37-48-39-83-52-23-10-9-21-50(48)52)72(109)94-64(43-99)77(114)95-63(42-98)75(112)85-54(78(115)116)25-13-16-32-81)86-69(106)58(36-47-26-28-49(100)29-27-47)87-67(104)53(24-12-15-31-80)84-74(111)62(41-97)93-71(108)57(35-46-19-7-4-8-20-46)88-70(107)56(34-45-17-5-3-6-18-45)89-73(110)60(38-65(101)102)91-76(113)61(40-96)92-66(103)51(82)22-11-14-30-79/h4,7-10,19-21,23,26-29,39,44-45,51,53-64,83,96-100H,3,5-6,11-18,22,24-25,30-38,40-43,79-82H2,1-2H3,(H,84,111)(H,85,112)(H,86,106)(H,87,104)(H,88,107)(H,89,110)(H,90,105)(H,91,113)(H,92,103)(H,93,108)(H,94,109)(H,95,114)(H,101,102)(H,115,116)/t51-,53+,54-,55-,56-,57-,58-,59-,60-,61-,62+,63-,64-/m0/s1. The number of phenolic OH excluding ortho intramolecular Hbond substituents is 1. The van der Waals surface area contributed by atoms with Gasteiger partial charge in [0.15, 0.2) is 0 Å². The van der Waals surface area contributed by atoms with E-state index < -0.39 is 194 Å². The summed E-state index contributed by atoms with van der Waals surface area (Å²) in [5.74, 6) is -16.2. The summed E-state index contributed by atoms with van der Waals surface area (Å²) >= 11 is 0. The van der Waals surface area contributed by atoms with Crippen molar-refractivity contribution in [3.05, 3.63) is 102 Å². The molecule has 4 aromatic rings. The Hall–Kier alpha value is -10.7. The number of hydrogen-bond donors (Lipinski definition) is 24. The maximum absolute atomic E-state index is 15.0. The third kappa shape index (κ3) is 32.5. The number of rotatable bonds is 53. The van der Waals surface area contributed by atoms with E-state index in [1.165, 1.54) is 24.3 Å². The number of aromatic amines is 1. The highest BCUT2D eigenvalue weighted by molar-refractivity contribution is 6.01. The highest BCUT2D eigenvalue weighted by Crippen LogP contribution is 2.28. The van der Waals surface area contributed by atoms with E-state index in [0.717, 1.165) is 19.3 Å². The largest absolute Gasteiger partial charge is 0.508 e. The zero-order valence-corrected chi connectivity index (χ0v) is 65.5. The molecule has 5 rings (SSSR count). The lowest BCUT2D eigenvalue weighted by Crippen LogP contribution is -2.62. The van der Waals surface area contributed by atoms with Crippen LogP contribution < -0.4 is 86.7 Å². The first-order valence-electron chi connectivity index (χ1n) is 39.2. The fourth-order valence-corrected chi connectivity index (χ4v) is 13.1. The number of benzene rings is 3. The van der Waals surface area contributed by atoms with Gasteiger partial charge in [0, 0.05) is 36.4 Å². The lowest BCUT2D eigenvalue weighted by molar-refractivity contribution is -0.143. The molecule has 12 amide bonds. The van der Waals surface area contributed by atoms with Gasteiger partial charge in [-0.3, -0.25) is 62.3 Å². The van der Waals surface area contributed by atoms with Crippen molar-refractivity contribution >= 4 is 93.7 Å². The van der Waals surface area contributed by atoms with Crippen molar-refractivity contribution < 1.29 is 103 Å². The first-order valence-corrected chi connectivity index (χ1v) is 39.2. The molecule has 38 nitrogen and oxygen atoms in total. The molecule has 1 aliphatic rings. The molecule has 116 heavy (non-hydrogen) atoms. The lowest BCUT2D eigenvalue weighted by atomic mass is 9.84. The molecule has 0 bridgehead atoms. The molecule has 0 radical (unpaired) electrons. The Balaban J connectivity index is 1.41. The van der Waals surface area contributed by atoms with E-state index in [1.807, 2.05) is 0 Å². The van der Waals surface area contributed by atoms with Gasteiger partial charge in [-0.2, -0.15) is 0 Å². The molecule has 1 heterocycles. The van der Waals surface area contributed by atoms with Crippen LogP contribution in [0.15, 0.2) is 85.1 Å². The van der Waals surface area contributed by atoms with Crippen molar-refractivity contribution in [2.45, 2.75) is 221 Å². The molecule has 1 aliphatic carbocycles. The van der Waals surface area contributed by atoms with Crippen LogP contribution in [0.4, 0.5) is 0 Å². The van der Waals surface area contributed by atoms with Gasteiger partial charge < -0.3 is 127 Å². The van der Waals surface area contributed by atoms with Gasteiger partial charge in [-0.05, 0) is 131 Å². The van der Waals surface area contributed by atoms with Crippen molar-refractivity contribution in [1.29, 1.82) is 0 Å². The highest BCUT2D eigenvalue weighted by Gasteiger charge is 2.39. The predicted molar refractivity (Wildman–Crippen MR) is 423 cm³/mol. The molecule has 13 atom stereocenters. The molecule has 0 spiro atoms. The molecule has 640 valence electrons. The van der Waals surface area contributed by atoms with Gasteiger partial charge in [-0.15, -0.1) is 0 Å². The van der Waals surface area contributed by atoms with E-state index in [-0.39, 0.29) is 88.5 Å². The quantitative estimate of drug-likeness (QED) is 0.0187. The van der Waals surface area contributed by atoms with Crippen molar-refractivity contribution in [2.24, 2.45) is 34.8 Å². The van der Waals surface area contributed by atoms with Crippen LogP contribution >= 0.6 is 0 Å². The number of carbonyl (C=O) groups excluding carboxylic acids is 12. The Bertz CT molecular complexity index is 3870. The number of aromatic hydroxyl groups is 1. The monoisotopic (exact) mass is 1630 g/mol. The maximum Gasteiger partial charge on any atom is 0.326 e. The number of unbranched alkanes of at least 4 members (excludes halogenated alkanes) is 3. The van der Waals surface area contributed by atoms with Crippen LogP contribution in [0.1, 0.15) is 140 Å². The number of carboxylic acid groups (broad SMARTS) is 2. The van der Waals surface area contributed by atoms with Crippen LogP contribution in [0.2, 0.25) is 0 Å². The fourth-order valence-electron chi connectivity index (χ4n) is 13.1. The Labute approximate surface area is 671 Å². The van der Waals surface area contributed by atoms with Gasteiger partial charge in [0.25, 0.3) is 0 Å². The number of fused-ring (bicyclic) bond motifs is 1. The van der Waals surface area contributed by atoms with E-state index in [0.29, 0.717) is 79.1 Å². The number of carboxylic acids is 2. The molecule has 38 heteroatoms. The molecule has 0 saturated heterocycles. The maximum atomic E-state index is 15.0. The van der Waals surface area contributed by atoms with Gasteiger partial charge in [0.1, 0.15) is 78.3 Å². The molecular formula is C78H117N17O21. The average Bonchev–Trinajstić information content (AvgIpc) is 1.66. The second-order valence-corrected chi connectivity index (χ2v) is 29.4. The summed E-state index contributed by atoms with van der Waals surface area (Å²) in [4.78, 5) is 199. The summed E-state index contributed by atoms with van der Waals surface area (Å²) < 4.78 is 0. The van der Waals surface area contributed by atoms with Crippen molar-refractivity contribution in [3.63, 3.8) is 0 Å². The Morgan fingerprint density at radius 3 is 1.26 bits per heavy atom. The number of aliphatic hydroxyl groups excluding tert-OH is 4. The number of H-pyrrole nitrogens is 1. The number of aliphatic hydroxyl groups is 4. The molecule has 0 unspecified atom stereocenters. The zero-order valence-electron chi connectivity index (χ0n) is 65.5. The van der Waals surface area contributed by atoms with E-state index in [4.69, 9.17) is 22.9 Å². The second-order valence-electron chi connectivity index (χ2n) is 29.4. The van der Waals surface area contributed by atoms with Crippen LogP contribution in [-0.4, -0.2) is 248 Å². The normalized spacial score (nSPS) is 15.6. The average molecular weight is 1630 g/mol. The van der Waals surface area contributed by atoms with E-state index in [1.54, 1.807) is 74.6 Å². The van der Waals surface area contributed by atoms with Crippen molar-refractivity contribution in [1.82, 2.24) is 68.8 Å². The number of amides is 12. The summed E-state index contributed by atoms with van der Waals surface area (Å²) in [5, 5.41) is 102. The van der Waals surface area contributed by atoms with Crippen LogP contribution in [0.25, 0.3) is 10.9 Å². The minimum atomic E-state index is -1.89. The second kappa shape index (κ2) is 50.6. The molecule has 1 fully saturated rings. The van der Waals surface area contributed by atoms with Crippen LogP contribution in [0, 0.1) is 11.8 Å². The topological polar surface area (TPSA) is 645 Å². The van der Waals surface area contributed by atoms with E-state index >= 15 is 4.79 Å². The van der Waals surface area contributed by atoms with Gasteiger partial charge in [0.05, 0.1) is 38.9 Å². The Kier molecular flexibility index (Phi) is 41.8. The predicted octanol–water partition coefficient (Wildman–Crippen LogP) is -4.02. The number of para-hydroxylation sites is 1. The third-order valence-electron chi connectivity index (χ3n) is 19.6. The van der Waals surface area contributed by atoms with E-state index in [9.17, 15) is 98.1 Å². The number of aliphatic carboxylic acids is 2. The number of hydrogen-bond acceptors (Lipinski definition) is 23. The van der Waals surface area contributed by atoms with Gasteiger partial charge in [-0.1, -0.05) is 113 Å². The summed E-state index contributed by atoms with van der Waals surface area (Å²) in [6.45, 7) is -0.0548. The summed E-state index contributed by atoms with van der Waals surface area (Å²) in [7, 11) is 0. The number of carbonyl (C=O) groups is 14. The zero-order chi connectivity index (χ0) is 85.4. The molecule has 3 aromatic carbocycles. The minimum Gasteiger partial charge on any atom is -0.508 e. The number of nitrogens with one attached hydrogen (secondary N) is 13. The number of aromatic nitrogens is 1. The number of nitrogens with two attached hydrogens (primary N) is 4. The Morgan fingerprint density at radius 2 is 0.776 bits per heavy atom. The SMILES string of the molecule is CC(C)C[C@H](NC(=O)[C@H](Cc1ccc(O)cc1)NC(=O)[C@@H](CCCCN)NC(=O)[C@@H](CO)NC(=O)[C@H](Cc1ccccc1)NC(=O)[C@H](CC1CCCCC1)NC(=O)[C@H](CC(=O)O)NC(=O)[C@H](CO)NC(=O)[C@@H](N)CCCCN)C(=O)N[C@@H](Cc1c[nH]c2ccccc12)C(=O)N[C@@H](CO)C(=O)N[C@@H](CO)C(=O)N[C@@H](CCCCN)C(=O)O. The van der Waals surface area contributed by atoms with Crippen LogP contribution in [0.5, 0.6) is 5.75 Å².